The van der Waals surface area contributed by atoms with E-state index in [1.807, 2.05) is 57.3 Å². The van der Waals surface area contributed by atoms with E-state index in [0.717, 1.165) is 33.8 Å². The van der Waals surface area contributed by atoms with Crippen LogP contribution in [0.4, 0.5) is 16.2 Å². The minimum absolute atomic E-state index is 0.120. The third kappa shape index (κ3) is 4.95. The highest BCUT2D eigenvalue weighted by molar-refractivity contribution is 7.84. The topological polar surface area (TPSA) is 84.7 Å². The number of hydrogen-bond acceptors (Lipinski definition) is 5. The molecule has 1 aromatic carbocycles. The van der Waals surface area contributed by atoms with Crippen LogP contribution in [-0.4, -0.2) is 38.3 Å². The molecule has 0 fully saturated rings. The summed E-state index contributed by atoms with van der Waals surface area (Å²) in [5.74, 6) is 0.322. The molecule has 3 aromatic rings. The summed E-state index contributed by atoms with van der Waals surface area (Å²) >= 11 is 0. The molecule has 3 rings (SSSR count). The number of anilines is 2. The number of hydrogen-bond donors (Lipinski definition) is 2. The van der Waals surface area contributed by atoms with Gasteiger partial charge < -0.3 is 14.5 Å². The minimum Gasteiger partial charge on any atom is -0.448 e. The molecule has 0 aliphatic carbocycles. The first-order valence-corrected chi connectivity index (χ1v) is 11.1. The van der Waals surface area contributed by atoms with Crippen LogP contribution in [0.3, 0.4) is 0 Å². The number of ether oxygens (including phenoxy) is 1. The van der Waals surface area contributed by atoms with E-state index in [1.165, 1.54) is 0 Å². The third-order valence-electron chi connectivity index (χ3n) is 4.83. The van der Waals surface area contributed by atoms with Gasteiger partial charge in [-0.2, -0.15) is 0 Å². The van der Waals surface area contributed by atoms with Gasteiger partial charge in [0.1, 0.15) is 6.61 Å². The lowest BCUT2D eigenvalue weighted by Crippen LogP contribution is -2.18. The zero-order valence-electron chi connectivity index (χ0n) is 17.1. The number of fused-ring (bicyclic) bond motifs is 1. The van der Waals surface area contributed by atoms with E-state index in [0.29, 0.717) is 18.0 Å². The maximum atomic E-state index is 12.1. The van der Waals surface area contributed by atoms with Crippen molar-refractivity contribution in [3.63, 3.8) is 0 Å². The predicted molar refractivity (Wildman–Crippen MR) is 117 cm³/mol. The van der Waals surface area contributed by atoms with Gasteiger partial charge in [0.2, 0.25) is 0 Å². The van der Waals surface area contributed by atoms with Crippen LogP contribution in [0.5, 0.6) is 0 Å². The molecule has 0 saturated heterocycles. The van der Waals surface area contributed by atoms with Gasteiger partial charge in [-0.05, 0) is 50.1 Å². The number of aromatic nitrogens is 2. The number of pyridine rings is 1. The second-order valence-electron chi connectivity index (χ2n) is 6.89. The molecule has 7 nitrogen and oxygen atoms in total. The fraction of sp³-hybridized carbons (Fsp3) is 0.333. The lowest BCUT2D eigenvalue weighted by molar-refractivity contribution is 0.169. The molecule has 1 amide bonds. The lowest BCUT2D eigenvalue weighted by atomic mass is 10.1. The van der Waals surface area contributed by atoms with Crippen LogP contribution < -0.4 is 10.6 Å². The molecule has 0 spiro atoms. The molecule has 1 unspecified atom stereocenters. The quantitative estimate of drug-likeness (QED) is 0.614. The number of nitrogens with zero attached hydrogens (tertiary/aromatic N) is 2. The average molecular weight is 415 g/mol. The van der Waals surface area contributed by atoms with Gasteiger partial charge in [-0.3, -0.25) is 9.53 Å². The molecule has 0 radical (unpaired) electrons. The molecule has 0 bridgehead atoms. The Balaban J connectivity index is 1.75. The summed E-state index contributed by atoms with van der Waals surface area (Å²) in [6, 6.07) is 9.70. The van der Waals surface area contributed by atoms with E-state index in [-0.39, 0.29) is 6.61 Å². The van der Waals surface area contributed by atoms with Gasteiger partial charge in [-0.25, -0.2) is 9.78 Å². The number of rotatable bonds is 7. The van der Waals surface area contributed by atoms with Gasteiger partial charge in [0.25, 0.3) is 0 Å². The third-order valence-corrected chi connectivity index (χ3v) is 5.57. The van der Waals surface area contributed by atoms with Gasteiger partial charge in [-0.15, -0.1) is 0 Å². The Bertz CT molecular complexity index is 1060. The Hall–Kier alpha value is -2.87. The van der Waals surface area contributed by atoms with Crippen molar-refractivity contribution in [2.45, 2.75) is 27.3 Å². The van der Waals surface area contributed by atoms with Crippen molar-refractivity contribution in [3.05, 3.63) is 59.0 Å². The molecule has 8 heteroatoms. The summed E-state index contributed by atoms with van der Waals surface area (Å²) in [7, 11) is -0.995. The molecule has 29 heavy (non-hydrogen) atoms. The number of nitrogens with one attached hydrogen (secondary N) is 2. The van der Waals surface area contributed by atoms with E-state index in [1.54, 1.807) is 6.26 Å². The normalized spacial score (nSPS) is 12.0. The number of carbonyl (C=O) groups is 1. The summed E-state index contributed by atoms with van der Waals surface area (Å²) < 4.78 is 18.3. The van der Waals surface area contributed by atoms with Crippen LogP contribution in [0.1, 0.15) is 22.5 Å². The first-order valence-electron chi connectivity index (χ1n) is 9.37. The van der Waals surface area contributed by atoms with E-state index in [2.05, 4.69) is 20.0 Å². The minimum atomic E-state index is -0.995. The van der Waals surface area contributed by atoms with Gasteiger partial charge in [0.15, 0.2) is 5.65 Å². The van der Waals surface area contributed by atoms with Gasteiger partial charge in [-0.1, -0.05) is 12.1 Å². The molecular weight excluding hydrogens is 388 g/mol. The number of benzene rings is 1. The number of carbonyl (C=O) groups excluding carboxylic acids is 1. The van der Waals surface area contributed by atoms with Crippen molar-refractivity contribution >= 4 is 33.9 Å². The number of imidazole rings is 1. The molecule has 1 atom stereocenters. The van der Waals surface area contributed by atoms with Crippen molar-refractivity contribution in [1.82, 2.24) is 9.38 Å². The van der Waals surface area contributed by atoms with Crippen molar-refractivity contribution in [2.75, 3.05) is 29.2 Å². The van der Waals surface area contributed by atoms with Crippen LogP contribution in [-0.2, 0) is 22.1 Å². The number of aryl methyl sites for hydroxylation is 3. The fourth-order valence-electron chi connectivity index (χ4n) is 3.07. The Morgan fingerprint density at radius 1 is 1.17 bits per heavy atom. The Labute approximate surface area is 172 Å². The van der Waals surface area contributed by atoms with Crippen LogP contribution >= 0.6 is 0 Å². The fourth-order valence-corrected chi connectivity index (χ4v) is 3.39. The summed E-state index contributed by atoms with van der Waals surface area (Å²) in [5.41, 5.74) is 6.59. The summed E-state index contributed by atoms with van der Waals surface area (Å²) in [5, 5.41) is 6.23. The highest BCUT2D eigenvalue weighted by atomic mass is 32.2. The van der Waals surface area contributed by atoms with Crippen molar-refractivity contribution in [1.29, 1.82) is 0 Å². The van der Waals surface area contributed by atoms with Gasteiger partial charge in [0, 0.05) is 41.2 Å². The second kappa shape index (κ2) is 9.09. The van der Waals surface area contributed by atoms with E-state index in [4.69, 9.17) is 4.74 Å². The zero-order chi connectivity index (χ0) is 21.0. The van der Waals surface area contributed by atoms with Gasteiger partial charge >= 0.3 is 6.09 Å². The summed E-state index contributed by atoms with van der Waals surface area (Å²) in [6.45, 7) is 6.68. The van der Waals surface area contributed by atoms with Crippen LogP contribution in [0.2, 0.25) is 0 Å². The lowest BCUT2D eigenvalue weighted by Gasteiger charge is -2.15. The first kappa shape index (κ1) is 20.9. The van der Waals surface area contributed by atoms with E-state index < -0.39 is 16.9 Å². The summed E-state index contributed by atoms with van der Waals surface area (Å²) in [6.07, 6.45) is 3.02. The molecule has 154 valence electrons. The first-order chi connectivity index (χ1) is 13.9. The molecule has 0 aliphatic heterocycles. The standard InChI is InChI=1S/C21H26N4O3S/c1-14-7-5-8-18(24-21(26)28-11-12-29(4)27)17(14)13-22-19-9-6-10-25-16(3)15(2)23-20(19)25/h5-10,22H,11-13H2,1-4H3,(H,24,26). The number of amides is 1. The van der Waals surface area contributed by atoms with Crippen molar-refractivity contribution in [2.24, 2.45) is 0 Å². The molecular formula is C21H26N4O3S. The molecule has 2 heterocycles. The molecule has 0 aliphatic rings. The van der Waals surface area contributed by atoms with E-state index in [9.17, 15) is 9.00 Å². The maximum absolute atomic E-state index is 12.1. The van der Waals surface area contributed by atoms with Gasteiger partial charge in [0.05, 0.1) is 17.1 Å². The molecule has 2 N–H and O–H groups in total. The Kier molecular flexibility index (Phi) is 6.53. The molecule has 0 saturated carbocycles. The molecule has 2 aromatic heterocycles. The largest absolute Gasteiger partial charge is 0.448 e. The SMILES string of the molecule is Cc1cccc(NC(=O)OCCS(C)=O)c1CNc1cccn2c(C)c(C)nc12. The smallest absolute Gasteiger partial charge is 0.411 e. The highest BCUT2D eigenvalue weighted by Gasteiger charge is 2.12. The summed E-state index contributed by atoms with van der Waals surface area (Å²) in [4.78, 5) is 16.7. The maximum Gasteiger partial charge on any atom is 0.411 e. The van der Waals surface area contributed by atoms with Crippen molar-refractivity contribution in [3.8, 4) is 0 Å². The highest BCUT2D eigenvalue weighted by Crippen LogP contribution is 2.24. The van der Waals surface area contributed by atoms with Crippen LogP contribution in [0.25, 0.3) is 5.65 Å². The van der Waals surface area contributed by atoms with Crippen LogP contribution in [0.15, 0.2) is 36.5 Å². The Morgan fingerprint density at radius 2 is 1.93 bits per heavy atom. The van der Waals surface area contributed by atoms with Crippen LogP contribution in [0, 0.1) is 20.8 Å². The zero-order valence-corrected chi connectivity index (χ0v) is 17.9. The Morgan fingerprint density at radius 3 is 2.69 bits per heavy atom. The predicted octanol–water partition coefficient (Wildman–Crippen LogP) is 3.80. The van der Waals surface area contributed by atoms with E-state index >= 15 is 0 Å². The monoisotopic (exact) mass is 414 g/mol. The average Bonchev–Trinajstić information content (AvgIpc) is 2.96. The van der Waals surface area contributed by atoms with Crippen molar-refractivity contribution < 1.29 is 13.7 Å². The second-order valence-corrected chi connectivity index (χ2v) is 8.45.